The van der Waals surface area contributed by atoms with Gasteiger partial charge in [0.05, 0.1) is 0 Å². The van der Waals surface area contributed by atoms with E-state index in [9.17, 15) is 4.79 Å². The van der Waals surface area contributed by atoms with E-state index in [4.69, 9.17) is 0 Å². The van der Waals surface area contributed by atoms with Crippen molar-refractivity contribution in [3.05, 3.63) is 89.9 Å². The van der Waals surface area contributed by atoms with Crippen molar-refractivity contribution >= 4 is 11.7 Å². The number of hydrogen-bond donors (Lipinski definition) is 2. The Bertz CT molecular complexity index is 932. The van der Waals surface area contributed by atoms with Crippen LogP contribution in [0, 0.1) is 0 Å². The van der Waals surface area contributed by atoms with Crippen molar-refractivity contribution < 1.29 is 4.79 Å². The monoisotopic (exact) mass is 387 g/mol. The number of carbonyl (C=O) groups is 1. The third kappa shape index (κ3) is 4.97. The molecule has 0 bridgehead atoms. The second kappa shape index (κ2) is 9.30. The first-order chi connectivity index (χ1) is 14.3. The number of piperazine rings is 1. The van der Waals surface area contributed by atoms with Crippen LogP contribution in [-0.4, -0.2) is 42.1 Å². The van der Waals surface area contributed by atoms with Crippen molar-refractivity contribution in [3.63, 3.8) is 0 Å². The molecule has 0 aliphatic carbocycles. The van der Waals surface area contributed by atoms with Crippen LogP contribution in [0.4, 0.5) is 5.82 Å². The van der Waals surface area contributed by atoms with Crippen LogP contribution in [0.1, 0.15) is 27.7 Å². The zero-order chi connectivity index (χ0) is 19.9. The summed E-state index contributed by atoms with van der Waals surface area (Å²) in [5.41, 5.74) is 2.81. The van der Waals surface area contributed by atoms with E-state index < -0.39 is 0 Å². The number of pyridine rings is 2. The minimum atomic E-state index is -0.148. The summed E-state index contributed by atoms with van der Waals surface area (Å²) in [5.74, 6) is 0.692. The fourth-order valence-electron chi connectivity index (χ4n) is 3.55. The maximum absolute atomic E-state index is 12.5. The Morgan fingerprint density at radius 2 is 2.00 bits per heavy atom. The van der Waals surface area contributed by atoms with Gasteiger partial charge in [0.2, 0.25) is 0 Å². The molecule has 1 fully saturated rings. The van der Waals surface area contributed by atoms with Crippen molar-refractivity contribution in [1.82, 2.24) is 20.6 Å². The Kier molecular flexibility index (Phi) is 6.12. The second-order valence-corrected chi connectivity index (χ2v) is 7.11. The Hall–Kier alpha value is -3.25. The number of hydrogen-bond acceptors (Lipinski definition) is 5. The van der Waals surface area contributed by atoms with Crippen LogP contribution in [0.5, 0.6) is 0 Å². The molecule has 1 aromatic carbocycles. The van der Waals surface area contributed by atoms with Gasteiger partial charge in [-0.25, -0.2) is 4.98 Å². The quantitative estimate of drug-likeness (QED) is 0.680. The van der Waals surface area contributed by atoms with Gasteiger partial charge < -0.3 is 15.5 Å². The molecule has 1 aliphatic heterocycles. The summed E-state index contributed by atoms with van der Waals surface area (Å²) in [7, 11) is 0. The minimum absolute atomic E-state index is 0.148. The topological polar surface area (TPSA) is 70.2 Å². The van der Waals surface area contributed by atoms with Gasteiger partial charge in [-0.05, 0) is 35.7 Å². The molecule has 4 rings (SSSR count). The molecule has 3 aromatic rings. The summed E-state index contributed by atoms with van der Waals surface area (Å²) in [6.45, 7) is 3.12. The van der Waals surface area contributed by atoms with E-state index in [1.54, 1.807) is 12.3 Å². The molecule has 29 heavy (non-hydrogen) atoms. The summed E-state index contributed by atoms with van der Waals surface area (Å²) in [6.07, 6.45) is 4.31. The number of nitrogens with one attached hydrogen (secondary N) is 2. The highest BCUT2D eigenvalue weighted by Gasteiger charge is 2.22. The lowest BCUT2D eigenvalue weighted by Gasteiger charge is -2.34. The molecule has 1 amide bonds. The molecular weight excluding hydrogens is 362 g/mol. The molecule has 1 saturated heterocycles. The Morgan fingerprint density at radius 1 is 1.10 bits per heavy atom. The first-order valence-corrected chi connectivity index (χ1v) is 9.97. The average Bonchev–Trinajstić information content (AvgIpc) is 2.80. The van der Waals surface area contributed by atoms with Gasteiger partial charge in [-0.1, -0.05) is 42.5 Å². The van der Waals surface area contributed by atoms with Crippen LogP contribution in [0.15, 0.2) is 73.1 Å². The average molecular weight is 387 g/mol. The van der Waals surface area contributed by atoms with Gasteiger partial charge in [-0.15, -0.1) is 0 Å². The number of amides is 1. The molecule has 2 aromatic heterocycles. The summed E-state index contributed by atoms with van der Waals surface area (Å²) in [6, 6.07) is 20.2. The fourth-order valence-corrected chi connectivity index (χ4v) is 3.55. The van der Waals surface area contributed by atoms with Crippen LogP contribution >= 0.6 is 0 Å². The summed E-state index contributed by atoms with van der Waals surface area (Å²) >= 11 is 0. The predicted molar refractivity (Wildman–Crippen MR) is 114 cm³/mol. The van der Waals surface area contributed by atoms with Gasteiger partial charge in [0.1, 0.15) is 11.5 Å². The number of rotatable bonds is 6. The largest absolute Gasteiger partial charge is 0.353 e. The van der Waals surface area contributed by atoms with Gasteiger partial charge in [-0.2, -0.15) is 0 Å². The third-order valence-electron chi connectivity index (χ3n) is 5.09. The lowest BCUT2D eigenvalue weighted by atomic mass is 10.0. The minimum Gasteiger partial charge on any atom is -0.353 e. The highest BCUT2D eigenvalue weighted by Crippen LogP contribution is 2.21. The maximum atomic E-state index is 12.5. The van der Waals surface area contributed by atoms with E-state index in [0.29, 0.717) is 12.2 Å². The fraction of sp³-hybridized carbons (Fsp3) is 0.261. The molecule has 6 nitrogen and oxygen atoms in total. The third-order valence-corrected chi connectivity index (χ3v) is 5.09. The van der Waals surface area contributed by atoms with E-state index >= 15 is 0 Å². The number of anilines is 1. The lowest BCUT2D eigenvalue weighted by molar-refractivity contribution is 0.0949. The summed E-state index contributed by atoms with van der Waals surface area (Å²) in [5, 5.41) is 6.51. The molecule has 3 heterocycles. The van der Waals surface area contributed by atoms with Crippen molar-refractivity contribution in [2.45, 2.75) is 12.5 Å². The molecule has 1 unspecified atom stereocenters. The van der Waals surface area contributed by atoms with Crippen molar-refractivity contribution in [3.8, 4) is 0 Å². The summed E-state index contributed by atoms with van der Waals surface area (Å²) < 4.78 is 0. The van der Waals surface area contributed by atoms with Gasteiger partial charge in [0, 0.05) is 44.6 Å². The van der Waals surface area contributed by atoms with Gasteiger partial charge >= 0.3 is 0 Å². The number of nitrogens with zero attached hydrogens (tertiary/aromatic N) is 3. The molecule has 2 N–H and O–H groups in total. The van der Waals surface area contributed by atoms with Crippen LogP contribution in [0.2, 0.25) is 0 Å². The molecule has 0 spiro atoms. The van der Waals surface area contributed by atoms with Crippen molar-refractivity contribution in [2.24, 2.45) is 0 Å². The standard InChI is InChI=1S/C23H25N5O/c29-23(26-13-11-18-6-5-12-24-16-18)20-9-4-10-22(27-20)28-15-14-25-21(17-28)19-7-2-1-3-8-19/h1-10,12,16,21,25H,11,13-15,17H2,(H,26,29). The van der Waals surface area contributed by atoms with Gasteiger partial charge in [-0.3, -0.25) is 9.78 Å². The van der Waals surface area contributed by atoms with Gasteiger partial charge in [0.25, 0.3) is 5.91 Å². The molecular formula is C23H25N5O. The second-order valence-electron chi connectivity index (χ2n) is 7.11. The lowest BCUT2D eigenvalue weighted by Crippen LogP contribution is -2.46. The van der Waals surface area contributed by atoms with Crippen LogP contribution < -0.4 is 15.5 Å². The van der Waals surface area contributed by atoms with Crippen molar-refractivity contribution in [1.29, 1.82) is 0 Å². The first-order valence-electron chi connectivity index (χ1n) is 9.97. The molecule has 0 radical (unpaired) electrons. The van der Waals surface area contributed by atoms with E-state index in [-0.39, 0.29) is 11.9 Å². The molecule has 0 saturated carbocycles. The Labute approximate surface area is 171 Å². The molecule has 1 atom stereocenters. The Balaban J connectivity index is 1.38. The predicted octanol–water partition coefficient (Wildman–Crippen LogP) is 2.60. The first kappa shape index (κ1) is 19.1. The number of benzene rings is 1. The number of carbonyl (C=O) groups excluding carboxylic acids is 1. The smallest absolute Gasteiger partial charge is 0.269 e. The van der Waals surface area contributed by atoms with E-state index in [2.05, 4.69) is 49.8 Å². The van der Waals surface area contributed by atoms with Gasteiger partial charge in [0.15, 0.2) is 0 Å². The zero-order valence-electron chi connectivity index (χ0n) is 16.3. The van der Waals surface area contributed by atoms with Crippen LogP contribution in [0.3, 0.4) is 0 Å². The van der Waals surface area contributed by atoms with E-state index in [0.717, 1.165) is 37.4 Å². The SMILES string of the molecule is O=C(NCCc1cccnc1)c1cccc(N2CCNC(c3ccccc3)C2)n1. The number of aromatic nitrogens is 2. The normalized spacial score (nSPS) is 16.4. The van der Waals surface area contributed by atoms with Crippen LogP contribution in [0.25, 0.3) is 0 Å². The van der Waals surface area contributed by atoms with Crippen LogP contribution in [-0.2, 0) is 6.42 Å². The zero-order valence-corrected chi connectivity index (χ0v) is 16.3. The van der Waals surface area contributed by atoms with E-state index in [1.165, 1.54) is 5.56 Å². The van der Waals surface area contributed by atoms with E-state index in [1.807, 2.05) is 36.5 Å². The maximum Gasteiger partial charge on any atom is 0.269 e. The molecule has 1 aliphatic rings. The highest BCUT2D eigenvalue weighted by molar-refractivity contribution is 5.92. The summed E-state index contributed by atoms with van der Waals surface area (Å²) in [4.78, 5) is 23.5. The molecule has 148 valence electrons. The highest BCUT2D eigenvalue weighted by atomic mass is 16.1. The molecule has 6 heteroatoms. The Morgan fingerprint density at radius 3 is 2.83 bits per heavy atom. The van der Waals surface area contributed by atoms with Crippen molar-refractivity contribution in [2.75, 3.05) is 31.1 Å².